The normalized spacial score (nSPS) is 20.4. The van der Waals surface area contributed by atoms with Crippen LogP contribution in [0, 0.1) is 11.3 Å². The van der Waals surface area contributed by atoms with Crippen molar-refractivity contribution in [2.75, 3.05) is 5.32 Å². The summed E-state index contributed by atoms with van der Waals surface area (Å²) in [6.45, 7) is 0. The zero-order valence-corrected chi connectivity index (χ0v) is 12.8. The van der Waals surface area contributed by atoms with Gasteiger partial charge < -0.3 is 5.32 Å². The molecule has 0 saturated heterocycles. The third-order valence-electron chi connectivity index (χ3n) is 3.94. The third-order valence-corrected chi connectivity index (χ3v) is 4.60. The van der Waals surface area contributed by atoms with Crippen LogP contribution in [-0.4, -0.2) is 6.04 Å². The van der Waals surface area contributed by atoms with E-state index in [-0.39, 0.29) is 0 Å². The Morgan fingerprint density at radius 3 is 2.48 bits per heavy atom. The van der Waals surface area contributed by atoms with Crippen LogP contribution in [0.1, 0.15) is 29.9 Å². The van der Waals surface area contributed by atoms with Crippen molar-refractivity contribution in [1.29, 1.82) is 5.26 Å². The Hall–Kier alpha value is -1.69. The number of rotatable bonds is 3. The van der Waals surface area contributed by atoms with Gasteiger partial charge in [-0.2, -0.15) is 5.26 Å². The monoisotopic (exact) mass is 316 g/mol. The van der Waals surface area contributed by atoms with Gasteiger partial charge >= 0.3 is 0 Å². The number of halogens is 2. The van der Waals surface area contributed by atoms with Crippen molar-refractivity contribution in [3.8, 4) is 6.07 Å². The highest BCUT2D eigenvalue weighted by molar-refractivity contribution is 6.33. The summed E-state index contributed by atoms with van der Waals surface area (Å²) in [7, 11) is 0. The van der Waals surface area contributed by atoms with Crippen LogP contribution < -0.4 is 5.32 Å². The van der Waals surface area contributed by atoms with Crippen LogP contribution in [0.4, 0.5) is 5.69 Å². The van der Waals surface area contributed by atoms with Crippen LogP contribution >= 0.6 is 23.2 Å². The lowest BCUT2D eigenvalue weighted by Crippen LogP contribution is -2.34. The van der Waals surface area contributed by atoms with Crippen molar-refractivity contribution in [1.82, 2.24) is 0 Å². The van der Waals surface area contributed by atoms with E-state index in [1.54, 1.807) is 12.1 Å². The minimum Gasteiger partial charge on any atom is -0.381 e. The van der Waals surface area contributed by atoms with Crippen molar-refractivity contribution >= 4 is 28.9 Å². The van der Waals surface area contributed by atoms with Crippen LogP contribution in [0.15, 0.2) is 42.5 Å². The molecule has 3 rings (SSSR count). The zero-order valence-electron chi connectivity index (χ0n) is 11.3. The summed E-state index contributed by atoms with van der Waals surface area (Å²) in [5.41, 5.74) is 2.69. The van der Waals surface area contributed by atoms with Gasteiger partial charge in [-0.1, -0.05) is 41.4 Å². The molecule has 1 saturated carbocycles. The molecule has 2 aromatic carbocycles. The van der Waals surface area contributed by atoms with Gasteiger partial charge in [-0.05, 0) is 48.6 Å². The third kappa shape index (κ3) is 3.00. The van der Waals surface area contributed by atoms with Gasteiger partial charge in [0.15, 0.2) is 0 Å². The number of benzene rings is 2. The molecule has 1 aliphatic rings. The average Bonchev–Trinajstić information content (AvgIpc) is 2.45. The molecule has 0 bridgehead atoms. The van der Waals surface area contributed by atoms with E-state index in [4.69, 9.17) is 28.5 Å². The lowest BCUT2D eigenvalue weighted by molar-refractivity contribution is 0.374. The first-order valence-corrected chi connectivity index (χ1v) is 7.63. The number of nitrogens with zero attached hydrogens (tertiary/aromatic N) is 1. The van der Waals surface area contributed by atoms with Crippen LogP contribution in [0.25, 0.3) is 0 Å². The van der Waals surface area contributed by atoms with E-state index in [0.29, 0.717) is 22.5 Å². The molecule has 4 heteroatoms. The number of anilines is 1. The maximum Gasteiger partial charge on any atom is 0.0992 e. The van der Waals surface area contributed by atoms with Crippen LogP contribution in [0.3, 0.4) is 0 Å². The summed E-state index contributed by atoms with van der Waals surface area (Å²) in [6.07, 6.45) is 2.08. The second-order valence-corrected chi connectivity index (χ2v) is 6.15. The van der Waals surface area contributed by atoms with Gasteiger partial charge in [-0.25, -0.2) is 0 Å². The predicted octanol–water partition coefficient (Wildman–Crippen LogP) is 5.22. The quantitative estimate of drug-likeness (QED) is 0.842. The van der Waals surface area contributed by atoms with E-state index in [2.05, 4.69) is 17.5 Å². The van der Waals surface area contributed by atoms with Gasteiger partial charge in [0.05, 0.1) is 22.3 Å². The number of hydrogen-bond acceptors (Lipinski definition) is 2. The molecule has 0 aromatic heterocycles. The van der Waals surface area contributed by atoms with Crippen molar-refractivity contribution in [3.05, 3.63) is 63.6 Å². The van der Waals surface area contributed by atoms with Gasteiger partial charge in [0.1, 0.15) is 0 Å². The largest absolute Gasteiger partial charge is 0.381 e. The standard InChI is InChI=1S/C17H14Cl2N2/c18-15-4-2-1-3-14(15)12-8-13(9-12)21-17-6-5-11(10-20)7-16(17)19/h1-7,12-13,21H,8-9H2. The Morgan fingerprint density at radius 1 is 1.05 bits per heavy atom. The highest BCUT2D eigenvalue weighted by Gasteiger charge is 2.31. The fraction of sp³-hybridized carbons (Fsp3) is 0.235. The van der Waals surface area contributed by atoms with Gasteiger partial charge in [-0.15, -0.1) is 0 Å². The predicted molar refractivity (Wildman–Crippen MR) is 87.0 cm³/mol. The molecule has 0 spiro atoms. The molecule has 1 fully saturated rings. The number of nitriles is 1. The van der Waals surface area contributed by atoms with Gasteiger partial charge in [0.2, 0.25) is 0 Å². The summed E-state index contributed by atoms with van der Waals surface area (Å²) in [6, 6.07) is 15.8. The zero-order chi connectivity index (χ0) is 14.8. The lowest BCUT2D eigenvalue weighted by atomic mass is 9.76. The van der Waals surface area contributed by atoms with E-state index in [1.807, 2.05) is 24.3 Å². The summed E-state index contributed by atoms with van der Waals surface area (Å²) in [5, 5.41) is 13.7. The molecule has 0 unspecified atom stereocenters. The molecular formula is C17H14Cl2N2. The Kier molecular flexibility index (Phi) is 4.05. The van der Waals surface area contributed by atoms with E-state index in [1.165, 1.54) is 5.56 Å². The van der Waals surface area contributed by atoms with Gasteiger partial charge in [-0.3, -0.25) is 0 Å². The minimum atomic E-state index is 0.400. The Morgan fingerprint density at radius 2 is 1.81 bits per heavy atom. The second-order valence-electron chi connectivity index (χ2n) is 5.34. The highest BCUT2D eigenvalue weighted by atomic mass is 35.5. The fourth-order valence-corrected chi connectivity index (χ4v) is 3.24. The summed E-state index contributed by atoms with van der Waals surface area (Å²) in [4.78, 5) is 0. The SMILES string of the molecule is N#Cc1ccc(NC2CC(c3ccccc3Cl)C2)c(Cl)c1. The second kappa shape index (κ2) is 5.97. The van der Waals surface area contributed by atoms with Crippen LogP contribution in [-0.2, 0) is 0 Å². The van der Waals surface area contributed by atoms with Crippen molar-refractivity contribution < 1.29 is 0 Å². The first-order valence-electron chi connectivity index (χ1n) is 6.88. The lowest BCUT2D eigenvalue weighted by Gasteiger charge is -2.37. The molecule has 2 nitrogen and oxygen atoms in total. The molecule has 1 aliphatic carbocycles. The van der Waals surface area contributed by atoms with Gasteiger partial charge in [0, 0.05) is 11.1 Å². The van der Waals surface area contributed by atoms with E-state index in [9.17, 15) is 0 Å². The molecule has 0 atom stereocenters. The summed E-state index contributed by atoms with van der Waals surface area (Å²) >= 11 is 12.4. The molecule has 106 valence electrons. The maximum absolute atomic E-state index is 8.84. The molecule has 0 aliphatic heterocycles. The topological polar surface area (TPSA) is 35.8 Å². The molecule has 1 N–H and O–H groups in total. The smallest absolute Gasteiger partial charge is 0.0992 e. The van der Waals surface area contributed by atoms with Gasteiger partial charge in [0.25, 0.3) is 0 Å². The molecule has 0 amide bonds. The average molecular weight is 317 g/mol. The molecule has 21 heavy (non-hydrogen) atoms. The molecular weight excluding hydrogens is 303 g/mol. The van der Waals surface area contributed by atoms with Crippen molar-refractivity contribution in [2.45, 2.75) is 24.8 Å². The van der Waals surface area contributed by atoms with E-state index in [0.717, 1.165) is 23.6 Å². The Balaban J connectivity index is 1.63. The Labute approximate surface area is 134 Å². The highest BCUT2D eigenvalue weighted by Crippen LogP contribution is 2.41. The number of hydrogen-bond donors (Lipinski definition) is 1. The van der Waals surface area contributed by atoms with Crippen LogP contribution in [0.5, 0.6) is 0 Å². The summed E-state index contributed by atoms with van der Waals surface area (Å²) in [5.74, 6) is 0.508. The first-order chi connectivity index (χ1) is 10.2. The molecule has 0 heterocycles. The Bertz CT molecular complexity index is 700. The fourth-order valence-electron chi connectivity index (χ4n) is 2.72. The first kappa shape index (κ1) is 14.3. The van der Waals surface area contributed by atoms with Crippen molar-refractivity contribution in [3.63, 3.8) is 0 Å². The molecule has 2 aromatic rings. The van der Waals surface area contributed by atoms with Crippen LogP contribution in [0.2, 0.25) is 10.0 Å². The maximum atomic E-state index is 8.84. The van der Waals surface area contributed by atoms with E-state index < -0.39 is 0 Å². The summed E-state index contributed by atoms with van der Waals surface area (Å²) < 4.78 is 0. The number of nitrogens with one attached hydrogen (secondary N) is 1. The van der Waals surface area contributed by atoms with Crippen molar-refractivity contribution in [2.24, 2.45) is 0 Å². The minimum absolute atomic E-state index is 0.400. The molecule has 0 radical (unpaired) electrons. The van der Waals surface area contributed by atoms with E-state index >= 15 is 0 Å².